The van der Waals surface area contributed by atoms with Crippen LogP contribution in [0, 0.1) is 5.41 Å². The molecule has 0 spiro atoms. The van der Waals surface area contributed by atoms with E-state index >= 15 is 0 Å². The first kappa shape index (κ1) is 15.3. The smallest absolute Gasteiger partial charge is 0.310 e. The minimum atomic E-state index is -0.899. The Hall–Kier alpha value is -0.710. The van der Waals surface area contributed by atoms with E-state index in [1.165, 1.54) is 0 Å². The largest absolute Gasteiger partial charge is 0.481 e. The number of carboxylic acids is 1. The van der Waals surface area contributed by atoms with E-state index in [-0.39, 0.29) is 12.5 Å². The summed E-state index contributed by atoms with van der Waals surface area (Å²) in [5.74, 6) is 0.406. The molecule has 4 nitrogen and oxygen atoms in total. The highest BCUT2D eigenvalue weighted by Crippen LogP contribution is 2.13. The van der Waals surface area contributed by atoms with Crippen molar-refractivity contribution in [2.75, 3.05) is 18.1 Å². The normalized spacial score (nSPS) is 11.2. The van der Waals surface area contributed by atoms with Gasteiger partial charge >= 0.3 is 5.97 Å². The van der Waals surface area contributed by atoms with E-state index in [1.807, 2.05) is 0 Å². The third-order valence-corrected chi connectivity index (χ3v) is 3.23. The highest BCUT2D eigenvalue weighted by atomic mass is 32.2. The lowest BCUT2D eigenvalue weighted by Crippen LogP contribution is -2.39. The highest BCUT2D eigenvalue weighted by molar-refractivity contribution is 7.99. The molecule has 0 radical (unpaired) electrons. The molecule has 0 aromatic carbocycles. The van der Waals surface area contributed by atoms with Gasteiger partial charge in [0.15, 0.2) is 0 Å². The van der Waals surface area contributed by atoms with Crippen molar-refractivity contribution in [1.82, 2.24) is 5.32 Å². The van der Waals surface area contributed by atoms with Crippen molar-refractivity contribution in [3.63, 3.8) is 0 Å². The molecule has 0 aliphatic heterocycles. The number of aliphatic carboxylic acids is 1. The van der Waals surface area contributed by atoms with Crippen LogP contribution in [0.2, 0.25) is 0 Å². The van der Waals surface area contributed by atoms with Crippen molar-refractivity contribution in [3.05, 3.63) is 0 Å². The maximum Gasteiger partial charge on any atom is 0.310 e. The van der Waals surface area contributed by atoms with Crippen LogP contribution in [-0.4, -0.2) is 35.0 Å². The molecule has 0 atom stereocenters. The molecule has 0 aliphatic rings. The summed E-state index contributed by atoms with van der Waals surface area (Å²) in [7, 11) is 0. The molecule has 0 heterocycles. The molecule has 0 unspecified atom stereocenters. The zero-order chi connectivity index (χ0) is 12.6. The van der Waals surface area contributed by atoms with Crippen molar-refractivity contribution < 1.29 is 14.7 Å². The SMILES string of the molecule is CCCCSCC(=O)NCC(C)(C)C(=O)O. The van der Waals surface area contributed by atoms with Gasteiger partial charge in [0.1, 0.15) is 0 Å². The first-order valence-electron chi connectivity index (χ1n) is 5.48. The van der Waals surface area contributed by atoms with Gasteiger partial charge in [-0.25, -0.2) is 0 Å². The van der Waals surface area contributed by atoms with E-state index in [1.54, 1.807) is 25.6 Å². The second kappa shape index (κ2) is 7.54. The summed E-state index contributed by atoms with van der Waals surface area (Å²) in [5.41, 5.74) is -0.899. The van der Waals surface area contributed by atoms with E-state index in [0.717, 1.165) is 18.6 Å². The quantitative estimate of drug-likeness (QED) is 0.641. The summed E-state index contributed by atoms with van der Waals surface area (Å²) in [6.45, 7) is 5.48. The van der Waals surface area contributed by atoms with Crippen LogP contribution >= 0.6 is 11.8 Å². The summed E-state index contributed by atoms with van der Waals surface area (Å²) in [4.78, 5) is 22.1. The Bertz CT molecular complexity index is 241. The number of unbranched alkanes of at least 4 members (excludes halogenated alkanes) is 1. The van der Waals surface area contributed by atoms with Crippen LogP contribution in [0.25, 0.3) is 0 Å². The number of nitrogens with one attached hydrogen (secondary N) is 1. The average molecular weight is 247 g/mol. The molecule has 0 saturated carbocycles. The van der Waals surface area contributed by atoms with Gasteiger partial charge in [-0.3, -0.25) is 9.59 Å². The Morgan fingerprint density at radius 1 is 1.38 bits per heavy atom. The van der Waals surface area contributed by atoms with Gasteiger partial charge in [-0.1, -0.05) is 13.3 Å². The van der Waals surface area contributed by atoms with Gasteiger partial charge in [0.2, 0.25) is 5.91 Å². The van der Waals surface area contributed by atoms with Gasteiger partial charge in [0.25, 0.3) is 0 Å². The molecule has 0 rings (SSSR count). The van der Waals surface area contributed by atoms with E-state index in [0.29, 0.717) is 5.75 Å². The zero-order valence-corrected chi connectivity index (χ0v) is 11.0. The van der Waals surface area contributed by atoms with Gasteiger partial charge in [-0.2, -0.15) is 11.8 Å². The average Bonchev–Trinajstić information content (AvgIpc) is 2.21. The number of carbonyl (C=O) groups is 2. The molecule has 1 amide bonds. The van der Waals surface area contributed by atoms with Gasteiger partial charge < -0.3 is 10.4 Å². The molecule has 0 aliphatic carbocycles. The van der Waals surface area contributed by atoms with Crippen LogP contribution < -0.4 is 5.32 Å². The minimum Gasteiger partial charge on any atom is -0.481 e. The summed E-state index contributed by atoms with van der Waals surface area (Å²) < 4.78 is 0. The van der Waals surface area contributed by atoms with Crippen molar-refractivity contribution in [2.24, 2.45) is 5.41 Å². The van der Waals surface area contributed by atoms with Crippen LogP contribution in [0.1, 0.15) is 33.6 Å². The lowest BCUT2D eigenvalue weighted by Gasteiger charge is -2.19. The number of hydrogen-bond acceptors (Lipinski definition) is 3. The Labute approximate surface area is 101 Å². The van der Waals surface area contributed by atoms with Crippen LogP contribution in [0.5, 0.6) is 0 Å². The van der Waals surface area contributed by atoms with Crippen molar-refractivity contribution >= 4 is 23.6 Å². The second-order valence-electron chi connectivity index (χ2n) is 4.37. The third kappa shape index (κ3) is 6.71. The molecule has 0 aromatic rings. The summed E-state index contributed by atoms with van der Waals surface area (Å²) in [6.07, 6.45) is 2.24. The first-order valence-corrected chi connectivity index (χ1v) is 6.63. The molecular weight excluding hydrogens is 226 g/mol. The molecule has 16 heavy (non-hydrogen) atoms. The molecule has 5 heteroatoms. The minimum absolute atomic E-state index is 0.0876. The van der Waals surface area contributed by atoms with Gasteiger partial charge in [-0.15, -0.1) is 0 Å². The van der Waals surface area contributed by atoms with Crippen LogP contribution in [-0.2, 0) is 9.59 Å². The Balaban J connectivity index is 3.69. The van der Waals surface area contributed by atoms with E-state index in [9.17, 15) is 9.59 Å². The number of carbonyl (C=O) groups excluding carboxylic acids is 1. The predicted molar refractivity (Wildman–Crippen MR) is 66.7 cm³/mol. The topological polar surface area (TPSA) is 66.4 Å². The predicted octanol–water partition coefficient (Wildman–Crippen LogP) is 1.75. The van der Waals surface area contributed by atoms with Crippen LogP contribution in [0.4, 0.5) is 0 Å². The maximum absolute atomic E-state index is 11.4. The molecule has 94 valence electrons. The van der Waals surface area contributed by atoms with Crippen molar-refractivity contribution in [2.45, 2.75) is 33.6 Å². The number of hydrogen-bond donors (Lipinski definition) is 2. The van der Waals surface area contributed by atoms with E-state index < -0.39 is 11.4 Å². The summed E-state index contributed by atoms with van der Waals surface area (Å²) in [5, 5.41) is 11.5. The molecule has 0 saturated heterocycles. The lowest BCUT2D eigenvalue weighted by atomic mass is 9.94. The fraction of sp³-hybridized carbons (Fsp3) is 0.818. The van der Waals surface area contributed by atoms with Gasteiger partial charge in [0, 0.05) is 6.54 Å². The third-order valence-electron chi connectivity index (χ3n) is 2.18. The van der Waals surface area contributed by atoms with E-state index in [2.05, 4.69) is 12.2 Å². The fourth-order valence-electron chi connectivity index (χ4n) is 0.857. The number of thioether (sulfide) groups is 1. The van der Waals surface area contributed by atoms with Crippen molar-refractivity contribution in [3.8, 4) is 0 Å². The second-order valence-corrected chi connectivity index (χ2v) is 5.48. The first-order chi connectivity index (χ1) is 7.40. The van der Waals surface area contributed by atoms with Gasteiger partial charge in [-0.05, 0) is 26.0 Å². The lowest BCUT2D eigenvalue weighted by molar-refractivity contribution is -0.146. The van der Waals surface area contributed by atoms with Crippen LogP contribution in [0.3, 0.4) is 0 Å². The highest BCUT2D eigenvalue weighted by Gasteiger charge is 2.27. The summed E-state index contributed by atoms with van der Waals surface area (Å²) >= 11 is 1.59. The molecule has 2 N–H and O–H groups in total. The van der Waals surface area contributed by atoms with Gasteiger partial charge in [0.05, 0.1) is 11.2 Å². The number of amides is 1. The monoisotopic (exact) mass is 247 g/mol. The molecular formula is C11H21NO3S. The molecule has 0 aromatic heterocycles. The number of carboxylic acid groups (broad SMARTS) is 1. The molecule has 0 bridgehead atoms. The Morgan fingerprint density at radius 2 is 2.00 bits per heavy atom. The fourth-order valence-corrected chi connectivity index (χ4v) is 1.78. The Morgan fingerprint density at radius 3 is 2.50 bits per heavy atom. The zero-order valence-electron chi connectivity index (χ0n) is 10.2. The van der Waals surface area contributed by atoms with E-state index in [4.69, 9.17) is 5.11 Å². The van der Waals surface area contributed by atoms with Crippen LogP contribution in [0.15, 0.2) is 0 Å². The Kier molecular flexibility index (Phi) is 7.21. The number of rotatable bonds is 8. The molecule has 0 fully saturated rings. The summed E-state index contributed by atoms with van der Waals surface area (Å²) in [6, 6.07) is 0. The standard InChI is InChI=1S/C11H21NO3S/c1-4-5-6-16-7-9(13)12-8-11(2,3)10(14)15/h4-8H2,1-3H3,(H,12,13)(H,14,15). The maximum atomic E-state index is 11.4. The van der Waals surface area contributed by atoms with Crippen molar-refractivity contribution in [1.29, 1.82) is 0 Å².